The van der Waals surface area contributed by atoms with E-state index in [-0.39, 0.29) is 37.4 Å². The number of aryl methyl sites for hydroxylation is 1. The van der Waals surface area contributed by atoms with Gasteiger partial charge in [-0.3, -0.25) is 13.9 Å². The highest BCUT2D eigenvalue weighted by molar-refractivity contribution is 7.92. The molecular formula is C26H36ClN3O4S. The SMILES string of the molecule is CC[C@@H](C)NC(=O)[C@@H](C)N(Cc1ccc(Cl)cc1)C(=O)CCCN(c1ccccc1C)S(C)(=O)=O. The fourth-order valence-electron chi connectivity index (χ4n) is 3.66. The summed E-state index contributed by atoms with van der Waals surface area (Å²) in [6, 6.07) is 13.7. The highest BCUT2D eigenvalue weighted by Gasteiger charge is 2.27. The number of carbonyl (C=O) groups is 2. The van der Waals surface area contributed by atoms with Crippen LogP contribution in [0.25, 0.3) is 0 Å². The molecule has 0 fully saturated rings. The normalized spacial score (nSPS) is 13.1. The topological polar surface area (TPSA) is 86.8 Å². The Kier molecular flexibility index (Phi) is 10.6. The Hall–Kier alpha value is -2.58. The molecule has 0 saturated heterocycles. The van der Waals surface area contributed by atoms with E-state index in [1.54, 1.807) is 36.1 Å². The molecule has 0 aliphatic heterocycles. The summed E-state index contributed by atoms with van der Waals surface area (Å²) in [6.07, 6.45) is 2.36. The van der Waals surface area contributed by atoms with Crippen molar-refractivity contribution in [1.82, 2.24) is 10.2 Å². The molecule has 2 amide bonds. The second-order valence-corrected chi connectivity index (χ2v) is 11.2. The molecule has 0 aliphatic carbocycles. The minimum atomic E-state index is -3.53. The maximum absolute atomic E-state index is 13.3. The molecule has 35 heavy (non-hydrogen) atoms. The van der Waals surface area contributed by atoms with Crippen molar-refractivity contribution in [2.75, 3.05) is 17.1 Å². The number of para-hydroxylation sites is 1. The fraction of sp³-hybridized carbons (Fsp3) is 0.462. The van der Waals surface area contributed by atoms with E-state index in [0.29, 0.717) is 17.1 Å². The molecule has 9 heteroatoms. The molecule has 2 aromatic carbocycles. The van der Waals surface area contributed by atoms with E-state index >= 15 is 0 Å². The lowest BCUT2D eigenvalue weighted by Gasteiger charge is -2.30. The molecule has 1 N–H and O–H groups in total. The number of sulfonamides is 1. The van der Waals surface area contributed by atoms with Crippen LogP contribution in [0.4, 0.5) is 5.69 Å². The quantitative estimate of drug-likeness (QED) is 0.444. The third-order valence-electron chi connectivity index (χ3n) is 5.97. The molecule has 0 saturated carbocycles. The van der Waals surface area contributed by atoms with Gasteiger partial charge in [-0.05, 0) is 62.9 Å². The average molecular weight is 522 g/mol. The first-order valence-corrected chi connectivity index (χ1v) is 14.0. The minimum absolute atomic E-state index is 0.00475. The van der Waals surface area contributed by atoms with Crippen molar-refractivity contribution >= 4 is 39.1 Å². The molecule has 192 valence electrons. The standard InChI is InChI=1S/C26H36ClN3O4S/c1-6-20(3)28-26(32)21(4)29(18-22-13-15-23(27)16-14-22)25(31)12-9-17-30(35(5,33)34)24-11-8-7-10-19(24)2/h7-8,10-11,13-16,20-21H,6,9,12,17-18H2,1-5H3,(H,28,32)/t20-,21-/m1/s1. The Morgan fingerprint density at radius 1 is 1.06 bits per heavy atom. The number of rotatable bonds is 12. The Labute approximate surface area is 214 Å². The van der Waals surface area contributed by atoms with Gasteiger partial charge in [0.05, 0.1) is 11.9 Å². The van der Waals surface area contributed by atoms with Crippen LogP contribution < -0.4 is 9.62 Å². The predicted octanol–water partition coefficient (Wildman–Crippen LogP) is 4.53. The van der Waals surface area contributed by atoms with Gasteiger partial charge in [-0.25, -0.2) is 8.42 Å². The summed E-state index contributed by atoms with van der Waals surface area (Å²) in [5.74, 6) is -0.440. The molecule has 0 spiro atoms. The maximum Gasteiger partial charge on any atom is 0.242 e. The lowest BCUT2D eigenvalue weighted by atomic mass is 10.1. The van der Waals surface area contributed by atoms with Gasteiger partial charge in [-0.1, -0.05) is 48.9 Å². The van der Waals surface area contributed by atoms with Crippen molar-refractivity contribution in [2.24, 2.45) is 0 Å². The van der Waals surface area contributed by atoms with Crippen molar-refractivity contribution in [2.45, 2.75) is 65.6 Å². The van der Waals surface area contributed by atoms with Gasteiger partial charge in [0.2, 0.25) is 21.8 Å². The van der Waals surface area contributed by atoms with Crippen LogP contribution in [-0.2, 0) is 26.2 Å². The molecule has 7 nitrogen and oxygen atoms in total. The van der Waals surface area contributed by atoms with E-state index in [1.165, 1.54) is 4.31 Å². The fourth-order valence-corrected chi connectivity index (χ4v) is 4.81. The van der Waals surface area contributed by atoms with Gasteiger partial charge in [0, 0.05) is 30.6 Å². The first-order chi connectivity index (χ1) is 16.4. The van der Waals surface area contributed by atoms with Crippen LogP contribution in [0.15, 0.2) is 48.5 Å². The number of hydrogen-bond acceptors (Lipinski definition) is 4. The Morgan fingerprint density at radius 3 is 2.26 bits per heavy atom. The van der Waals surface area contributed by atoms with Gasteiger partial charge in [0.1, 0.15) is 6.04 Å². The van der Waals surface area contributed by atoms with Gasteiger partial charge in [0.15, 0.2) is 0 Å². The van der Waals surface area contributed by atoms with E-state index in [1.807, 2.05) is 45.0 Å². The van der Waals surface area contributed by atoms with Gasteiger partial charge in [-0.15, -0.1) is 0 Å². The highest BCUT2D eigenvalue weighted by atomic mass is 35.5. The van der Waals surface area contributed by atoms with Crippen LogP contribution in [0.3, 0.4) is 0 Å². The first kappa shape index (κ1) is 28.7. The van der Waals surface area contributed by atoms with E-state index in [9.17, 15) is 18.0 Å². The van der Waals surface area contributed by atoms with E-state index < -0.39 is 16.1 Å². The van der Waals surface area contributed by atoms with Crippen molar-refractivity contribution in [3.05, 3.63) is 64.7 Å². The Balaban J connectivity index is 2.17. The van der Waals surface area contributed by atoms with E-state index in [0.717, 1.165) is 23.8 Å². The first-order valence-electron chi connectivity index (χ1n) is 11.8. The number of nitrogens with one attached hydrogen (secondary N) is 1. The average Bonchev–Trinajstić information content (AvgIpc) is 2.80. The highest BCUT2D eigenvalue weighted by Crippen LogP contribution is 2.23. The second kappa shape index (κ2) is 12.9. The molecule has 2 atom stereocenters. The Bertz CT molecular complexity index is 1110. The van der Waals surface area contributed by atoms with Crippen LogP contribution in [0.1, 0.15) is 51.2 Å². The largest absolute Gasteiger partial charge is 0.352 e. The zero-order valence-electron chi connectivity index (χ0n) is 21.1. The maximum atomic E-state index is 13.3. The lowest BCUT2D eigenvalue weighted by molar-refractivity contribution is -0.140. The molecule has 2 aromatic rings. The van der Waals surface area contributed by atoms with E-state index in [4.69, 9.17) is 11.6 Å². The molecule has 0 radical (unpaired) electrons. The summed E-state index contributed by atoms with van der Waals surface area (Å²) in [7, 11) is -3.53. The lowest BCUT2D eigenvalue weighted by Crippen LogP contribution is -2.49. The molecule has 0 aromatic heterocycles. The number of halogens is 1. The second-order valence-electron chi connectivity index (χ2n) is 8.87. The number of hydrogen-bond donors (Lipinski definition) is 1. The molecular weight excluding hydrogens is 486 g/mol. The summed E-state index contributed by atoms with van der Waals surface area (Å²) in [6.45, 7) is 7.87. The van der Waals surface area contributed by atoms with Crippen LogP contribution in [-0.4, -0.2) is 50.0 Å². The minimum Gasteiger partial charge on any atom is -0.352 e. The number of benzene rings is 2. The van der Waals surface area contributed by atoms with Crippen LogP contribution in [0.2, 0.25) is 5.02 Å². The van der Waals surface area contributed by atoms with Gasteiger partial charge in [-0.2, -0.15) is 0 Å². The number of carbonyl (C=O) groups excluding carboxylic acids is 2. The smallest absolute Gasteiger partial charge is 0.242 e. The number of anilines is 1. The van der Waals surface area contributed by atoms with Gasteiger partial charge < -0.3 is 10.2 Å². The van der Waals surface area contributed by atoms with Crippen LogP contribution in [0, 0.1) is 6.92 Å². The number of amides is 2. The van der Waals surface area contributed by atoms with Gasteiger partial charge >= 0.3 is 0 Å². The monoisotopic (exact) mass is 521 g/mol. The summed E-state index contributed by atoms with van der Waals surface area (Å²) < 4.78 is 26.2. The third kappa shape index (κ3) is 8.54. The van der Waals surface area contributed by atoms with Crippen molar-refractivity contribution < 1.29 is 18.0 Å². The van der Waals surface area contributed by atoms with Crippen molar-refractivity contribution in [3.63, 3.8) is 0 Å². The zero-order chi connectivity index (χ0) is 26.2. The number of nitrogens with zero attached hydrogens (tertiary/aromatic N) is 2. The van der Waals surface area contributed by atoms with Crippen LogP contribution >= 0.6 is 11.6 Å². The summed E-state index contributed by atoms with van der Waals surface area (Å²) in [4.78, 5) is 27.7. The van der Waals surface area contributed by atoms with Crippen LogP contribution in [0.5, 0.6) is 0 Å². The zero-order valence-corrected chi connectivity index (χ0v) is 22.7. The summed E-state index contributed by atoms with van der Waals surface area (Å²) in [5, 5.41) is 3.53. The third-order valence-corrected chi connectivity index (χ3v) is 7.40. The molecule has 2 rings (SSSR count). The van der Waals surface area contributed by atoms with Crippen molar-refractivity contribution in [1.29, 1.82) is 0 Å². The van der Waals surface area contributed by atoms with E-state index in [2.05, 4.69) is 5.32 Å². The van der Waals surface area contributed by atoms with Crippen molar-refractivity contribution in [3.8, 4) is 0 Å². The molecule has 0 aliphatic rings. The molecule has 0 unspecified atom stereocenters. The predicted molar refractivity (Wildman–Crippen MR) is 142 cm³/mol. The summed E-state index contributed by atoms with van der Waals surface area (Å²) in [5.41, 5.74) is 2.29. The summed E-state index contributed by atoms with van der Waals surface area (Å²) >= 11 is 6.00. The Morgan fingerprint density at radius 2 is 1.69 bits per heavy atom. The molecule has 0 heterocycles. The molecule has 0 bridgehead atoms. The van der Waals surface area contributed by atoms with Gasteiger partial charge in [0.25, 0.3) is 0 Å².